The Bertz CT molecular complexity index is 564. The van der Waals surface area contributed by atoms with Crippen molar-refractivity contribution in [1.29, 1.82) is 0 Å². The number of halogens is 2. The molecular weight excluding hydrogens is 301 g/mol. The van der Waals surface area contributed by atoms with Gasteiger partial charge in [0.05, 0.1) is 22.4 Å². The number of nitrogens with one attached hydrogen (secondary N) is 1. The second-order valence-corrected chi connectivity index (χ2v) is 4.96. The Kier molecular flexibility index (Phi) is 4.93. The van der Waals surface area contributed by atoms with Gasteiger partial charge in [0, 0.05) is 0 Å². The Hall–Kier alpha value is -1.65. The van der Waals surface area contributed by atoms with Crippen molar-refractivity contribution in [2.24, 2.45) is 0 Å². The molecule has 1 amide bonds. The number of carbonyl (C=O) groups excluding carboxylic acids is 1. The molecule has 2 aromatic rings. The Balaban J connectivity index is 1.89. The predicted octanol–water partition coefficient (Wildman–Crippen LogP) is 3.84. The van der Waals surface area contributed by atoms with Crippen LogP contribution in [0.1, 0.15) is 18.7 Å². The van der Waals surface area contributed by atoms with Gasteiger partial charge in [0.15, 0.2) is 12.4 Å². The van der Waals surface area contributed by atoms with Crippen molar-refractivity contribution < 1.29 is 13.9 Å². The van der Waals surface area contributed by atoms with Gasteiger partial charge in [-0.25, -0.2) is 0 Å². The van der Waals surface area contributed by atoms with Gasteiger partial charge in [-0.2, -0.15) is 0 Å². The van der Waals surface area contributed by atoms with Gasteiger partial charge in [0.1, 0.15) is 5.76 Å². The first-order valence-electron chi connectivity index (χ1n) is 5.97. The molecule has 0 aliphatic carbocycles. The van der Waals surface area contributed by atoms with Gasteiger partial charge in [-0.3, -0.25) is 4.79 Å². The average Bonchev–Trinajstić information content (AvgIpc) is 2.92. The lowest BCUT2D eigenvalue weighted by atomic mass is 10.2. The fourth-order valence-corrected chi connectivity index (χ4v) is 2.16. The molecule has 106 valence electrons. The van der Waals surface area contributed by atoms with Crippen LogP contribution in [0.4, 0.5) is 0 Å². The fraction of sp³-hybridized carbons (Fsp3) is 0.214. The quantitative estimate of drug-likeness (QED) is 0.912. The van der Waals surface area contributed by atoms with Crippen LogP contribution in [-0.4, -0.2) is 12.5 Å². The highest BCUT2D eigenvalue weighted by atomic mass is 35.5. The number of ether oxygens (including phenoxy) is 1. The summed E-state index contributed by atoms with van der Waals surface area (Å²) in [7, 11) is 0. The van der Waals surface area contributed by atoms with Crippen molar-refractivity contribution in [3.63, 3.8) is 0 Å². The number of amides is 1. The van der Waals surface area contributed by atoms with Gasteiger partial charge < -0.3 is 14.5 Å². The van der Waals surface area contributed by atoms with Gasteiger partial charge >= 0.3 is 0 Å². The molecule has 4 nitrogen and oxygen atoms in total. The summed E-state index contributed by atoms with van der Waals surface area (Å²) in [5.41, 5.74) is 0. The summed E-state index contributed by atoms with van der Waals surface area (Å²) in [6.45, 7) is 1.65. The first kappa shape index (κ1) is 14.8. The first-order chi connectivity index (χ1) is 9.58. The third kappa shape index (κ3) is 3.68. The summed E-state index contributed by atoms with van der Waals surface area (Å²) in [5, 5.41) is 3.48. The van der Waals surface area contributed by atoms with Gasteiger partial charge in [-0.05, 0) is 31.2 Å². The molecule has 0 aliphatic heterocycles. The molecule has 6 heteroatoms. The molecule has 0 radical (unpaired) electrons. The summed E-state index contributed by atoms with van der Waals surface area (Å²) >= 11 is 11.9. The zero-order chi connectivity index (χ0) is 14.5. The van der Waals surface area contributed by atoms with Crippen molar-refractivity contribution in [3.05, 3.63) is 52.4 Å². The third-order valence-corrected chi connectivity index (χ3v) is 3.21. The highest BCUT2D eigenvalue weighted by molar-refractivity contribution is 6.37. The van der Waals surface area contributed by atoms with Crippen LogP contribution in [0.15, 0.2) is 41.0 Å². The van der Waals surface area contributed by atoms with Crippen molar-refractivity contribution >= 4 is 29.1 Å². The van der Waals surface area contributed by atoms with E-state index in [2.05, 4.69) is 5.32 Å². The largest absolute Gasteiger partial charge is 0.481 e. The van der Waals surface area contributed by atoms with Crippen molar-refractivity contribution in [3.8, 4) is 5.75 Å². The normalized spacial score (nSPS) is 11.9. The first-order valence-corrected chi connectivity index (χ1v) is 6.73. The molecule has 1 unspecified atom stereocenters. The van der Waals surface area contributed by atoms with Crippen LogP contribution in [0.5, 0.6) is 5.75 Å². The maximum Gasteiger partial charge on any atom is 0.258 e. The number of carbonyl (C=O) groups is 1. The summed E-state index contributed by atoms with van der Waals surface area (Å²) in [4.78, 5) is 11.8. The van der Waals surface area contributed by atoms with Crippen LogP contribution in [0.3, 0.4) is 0 Å². The summed E-state index contributed by atoms with van der Waals surface area (Å²) in [5.74, 6) is 0.690. The van der Waals surface area contributed by atoms with Crippen LogP contribution in [0.25, 0.3) is 0 Å². The van der Waals surface area contributed by atoms with Gasteiger partial charge in [-0.1, -0.05) is 29.3 Å². The molecule has 0 saturated heterocycles. The smallest absolute Gasteiger partial charge is 0.258 e. The van der Waals surface area contributed by atoms with E-state index >= 15 is 0 Å². The Morgan fingerprint density at radius 3 is 2.60 bits per heavy atom. The minimum Gasteiger partial charge on any atom is -0.481 e. The standard InChI is InChI=1S/C14H13Cl2NO3/c1-9(12-6-3-7-19-12)17-13(18)8-20-14-10(15)4-2-5-11(14)16/h2-7,9H,8H2,1H3,(H,17,18). The maximum atomic E-state index is 11.8. The van der Waals surface area contributed by atoms with Gasteiger partial charge in [-0.15, -0.1) is 0 Å². The predicted molar refractivity (Wildman–Crippen MR) is 77.2 cm³/mol. The SMILES string of the molecule is CC(NC(=O)COc1c(Cl)cccc1Cl)c1ccco1. The molecule has 1 heterocycles. The highest BCUT2D eigenvalue weighted by Crippen LogP contribution is 2.32. The molecular formula is C14H13Cl2NO3. The van der Waals surface area contributed by atoms with E-state index in [-0.39, 0.29) is 18.6 Å². The molecule has 0 saturated carbocycles. The van der Waals surface area contributed by atoms with Crippen LogP contribution >= 0.6 is 23.2 Å². The van der Waals surface area contributed by atoms with E-state index in [0.29, 0.717) is 21.6 Å². The van der Waals surface area contributed by atoms with E-state index in [1.54, 1.807) is 36.6 Å². The fourth-order valence-electron chi connectivity index (χ4n) is 1.65. The molecule has 0 aliphatic rings. The molecule has 0 fully saturated rings. The lowest BCUT2D eigenvalue weighted by Gasteiger charge is -2.13. The summed E-state index contributed by atoms with van der Waals surface area (Å²) in [6.07, 6.45) is 1.55. The van der Waals surface area contributed by atoms with E-state index in [1.807, 2.05) is 6.92 Å². The molecule has 0 spiro atoms. The van der Waals surface area contributed by atoms with E-state index < -0.39 is 0 Å². The molecule has 2 rings (SSSR count). The molecule has 1 atom stereocenters. The zero-order valence-corrected chi connectivity index (χ0v) is 12.2. The second kappa shape index (κ2) is 6.68. The van der Waals surface area contributed by atoms with Crippen LogP contribution in [0, 0.1) is 0 Å². The molecule has 1 N–H and O–H groups in total. The number of hydrogen-bond acceptors (Lipinski definition) is 3. The van der Waals surface area contributed by atoms with Crippen LogP contribution < -0.4 is 10.1 Å². The lowest BCUT2D eigenvalue weighted by molar-refractivity contribution is -0.123. The number of rotatable bonds is 5. The lowest BCUT2D eigenvalue weighted by Crippen LogP contribution is -2.31. The Labute approximate surface area is 126 Å². The summed E-state index contributed by atoms with van der Waals surface area (Å²) < 4.78 is 10.5. The van der Waals surface area contributed by atoms with Crippen LogP contribution in [0.2, 0.25) is 10.0 Å². The Morgan fingerprint density at radius 1 is 1.30 bits per heavy atom. The van der Waals surface area contributed by atoms with Crippen molar-refractivity contribution in [2.75, 3.05) is 6.61 Å². The zero-order valence-electron chi connectivity index (χ0n) is 10.7. The minimum atomic E-state index is -0.287. The van der Waals surface area contributed by atoms with E-state index in [1.165, 1.54) is 0 Å². The number of hydrogen-bond donors (Lipinski definition) is 1. The van der Waals surface area contributed by atoms with Crippen LogP contribution in [-0.2, 0) is 4.79 Å². The van der Waals surface area contributed by atoms with Gasteiger partial charge in [0.2, 0.25) is 0 Å². The topological polar surface area (TPSA) is 51.5 Å². The maximum absolute atomic E-state index is 11.8. The molecule has 0 bridgehead atoms. The average molecular weight is 314 g/mol. The summed E-state index contributed by atoms with van der Waals surface area (Å²) in [6, 6.07) is 8.31. The van der Waals surface area contributed by atoms with E-state index in [9.17, 15) is 4.79 Å². The highest BCUT2D eigenvalue weighted by Gasteiger charge is 2.13. The minimum absolute atomic E-state index is 0.172. The Morgan fingerprint density at radius 2 is 2.00 bits per heavy atom. The number of benzene rings is 1. The van der Waals surface area contributed by atoms with E-state index in [4.69, 9.17) is 32.4 Å². The van der Waals surface area contributed by atoms with E-state index in [0.717, 1.165) is 0 Å². The monoisotopic (exact) mass is 313 g/mol. The van der Waals surface area contributed by atoms with Gasteiger partial charge in [0.25, 0.3) is 5.91 Å². The molecule has 20 heavy (non-hydrogen) atoms. The second-order valence-electron chi connectivity index (χ2n) is 4.14. The molecule has 1 aromatic heterocycles. The van der Waals surface area contributed by atoms with Crippen molar-refractivity contribution in [2.45, 2.75) is 13.0 Å². The molecule has 1 aromatic carbocycles. The van der Waals surface area contributed by atoms with Crippen molar-refractivity contribution in [1.82, 2.24) is 5.32 Å². The number of para-hydroxylation sites is 1. The number of furan rings is 1. The third-order valence-electron chi connectivity index (χ3n) is 2.61.